The number of benzene rings is 1. The number of nitrogens with zero attached hydrogens (tertiary/aromatic N) is 4. The van der Waals surface area contributed by atoms with Gasteiger partial charge in [0.25, 0.3) is 11.8 Å². The summed E-state index contributed by atoms with van der Waals surface area (Å²) in [6.07, 6.45) is 3.87. The summed E-state index contributed by atoms with van der Waals surface area (Å²) in [5.41, 5.74) is 3.47. The molecule has 218 valence electrons. The van der Waals surface area contributed by atoms with Gasteiger partial charge in [0.2, 0.25) is 0 Å². The van der Waals surface area contributed by atoms with E-state index in [0.29, 0.717) is 59.6 Å². The van der Waals surface area contributed by atoms with Crippen LogP contribution in [0.4, 0.5) is 5.82 Å². The first kappa shape index (κ1) is 30.5. The third-order valence-electron chi connectivity index (χ3n) is 7.05. The predicted molar refractivity (Wildman–Crippen MR) is 162 cm³/mol. The van der Waals surface area contributed by atoms with Gasteiger partial charge in [0, 0.05) is 44.5 Å². The van der Waals surface area contributed by atoms with E-state index in [1.165, 1.54) is 19.2 Å². The highest BCUT2D eigenvalue weighted by Gasteiger charge is 2.30. The fourth-order valence-corrected chi connectivity index (χ4v) is 4.88. The molecule has 3 aromatic rings. The highest BCUT2D eigenvalue weighted by molar-refractivity contribution is 6.30. The van der Waals surface area contributed by atoms with Crippen LogP contribution in [-0.2, 0) is 4.79 Å². The molecule has 0 saturated carbocycles. The zero-order valence-electron chi connectivity index (χ0n) is 24.1. The predicted octanol–water partition coefficient (Wildman–Crippen LogP) is 3.98. The van der Waals surface area contributed by atoms with Gasteiger partial charge in [-0.25, -0.2) is 9.78 Å². The third kappa shape index (κ3) is 7.07. The second-order valence-electron chi connectivity index (χ2n) is 10.0. The third-order valence-corrected chi connectivity index (χ3v) is 7.27. The van der Waals surface area contributed by atoms with Crippen LogP contribution in [0.3, 0.4) is 0 Å². The molecule has 2 N–H and O–H groups in total. The van der Waals surface area contributed by atoms with Crippen molar-refractivity contribution in [1.82, 2.24) is 20.2 Å². The van der Waals surface area contributed by atoms with Crippen molar-refractivity contribution in [3.8, 4) is 5.75 Å². The number of halogens is 1. The van der Waals surface area contributed by atoms with E-state index < -0.39 is 12.0 Å². The van der Waals surface area contributed by atoms with Gasteiger partial charge in [0.1, 0.15) is 11.6 Å². The number of hydrogen-bond acceptors (Lipinski definition) is 7. The second-order valence-corrected chi connectivity index (χ2v) is 10.5. The van der Waals surface area contributed by atoms with Crippen molar-refractivity contribution in [3.63, 3.8) is 0 Å². The number of carbonyl (C=O) groups is 3. The average Bonchev–Trinajstić information content (AvgIpc) is 2.97. The first-order valence-corrected chi connectivity index (χ1v) is 13.9. The number of pyridine rings is 2. The number of anilines is 1. The van der Waals surface area contributed by atoms with E-state index in [1.54, 1.807) is 48.2 Å². The van der Waals surface area contributed by atoms with Crippen molar-refractivity contribution in [1.29, 1.82) is 0 Å². The molecule has 0 fully saturated rings. The topological polar surface area (TPSA) is 117 Å². The lowest BCUT2D eigenvalue weighted by Crippen LogP contribution is -2.47. The molecule has 0 bridgehead atoms. The first-order chi connectivity index (χ1) is 20.1. The van der Waals surface area contributed by atoms with Crippen LogP contribution in [0.25, 0.3) is 0 Å². The molecule has 3 amide bonds. The van der Waals surface area contributed by atoms with Crippen LogP contribution in [0, 0.1) is 13.8 Å². The van der Waals surface area contributed by atoms with Crippen molar-refractivity contribution >= 4 is 40.9 Å². The number of ether oxygens (including phenoxy) is 1. The molecule has 0 radical (unpaired) electrons. The van der Waals surface area contributed by atoms with E-state index in [0.717, 1.165) is 11.3 Å². The Morgan fingerprint density at radius 3 is 2.55 bits per heavy atom. The minimum Gasteiger partial charge on any atom is -0.482 e. The highest BCUT2D eigenvalue weighted by atomic mass is 35.5. The maximum absolute atomic E-state index is 13.2. The maximum atomic E-state index is 13.2. The largest absolute Gasteiger partial charge is 0.482 e. The maximum Gasteiger partial charge on any atom is 0.411 e. The SMILES string of the molecule is C=CC(=O)[N+]1=C(C)CN(CC(Oc2cc(C)c(C(=O)Nc3ncccc3C)cc2C(=O)NC)c2ccc(Cl)cn2)CC1. The van der Waals surface area contributed by atoms with Gasteiger partial charge in [-0.15, -0.1) is 0 Å². The summed E-state index contributed by atoms with van der Waals surface area (Å²) < 4.78 is 8.23. The minimum absolute atomic E-state index is 0.132. The molecule has 1 aromatic carbocycles. The monoisotopic (exact) mass is 589 g/mol. The Hall–Kier alpha value is -4.41. The van der Waals surface area contributed by atoms with Gasteiger partial charge in [0.15, 0.2) is 18.4 Å². The number of carbonyl (C=O) groups excluding carboxylic acids is 3. The molecule has 0 spiro atoms. The van der Waals surface area contributed by atoms with Crippen LogP contribution in [0.15, 0.2) is 61.4 Å². The second kappa shape index (κ2) is 13.5. The fourth-order valence-electron chi connectivity index (χ4n) is 4.77. The Morgan fingerprint density at radius 2 is 1.90 bits per heavy atom. The van der Waals surface area contributed by atoms with Crippen molar-refractivity contribution in [2.75, 3.05) is 38.5 Å². The standard InChI is InChI=1S/C31H33ClN6O4/c1-6-28(39)38-13-12-37(17-21(38)4)18-27(25-10-9-22(32)16-35-25)42-26-14-20(3)23(15-24(26)30(40)33-5)31(41)36-29-19(2)8-7-11-34-29/h6-11,14-16,27H,1,12-13,17-18H2,2-5H3,(H-,33,34,36,40,41)/p+1. The molecule has 1 aliphatic rings. The molecule has 4 rings (SSSR count). The summed E-state index contributed by atoms with van der Waals surface area (Å²) >= 11 is 6.11. The van der Waals surface area contributed by atoms with Crippen LogP contribution in [0.5, 0.6) is 5.75 Å². The zero-order chi connectivity index (χ0) is 30.4. The van der Waals surface area contributed by atoms with Crippen LogP contribution in [0.1, 0.15) is 50.6 Å². The smallest absolute Gasteiger partial charge is 0.411 e. The van der Waals surface area contributed by atoms with Gasteiger partial charge in [-0.2, -0.15) is 4.58 Å². The van der Waals surface area contributed by atoms with E-state index >= 15 is 0 Å². The van der Waals surface area contributed by atoms with Crippen LogP contribution in [0.2, 0.25) is 5.02 Å². The summed E-state index contributed by atoms with van der Waals surface area (Å²) in [6.45, 7) is 11.2. The normalized spacial score (nSPS) is 14.2. The van der Waals surface area contributed by atoms with Crippen LogP contribution >= 0.6 is 11.6 Å². The Labute approximate surface area is 250 Å². The molecule has 2 aromatic heterocycles. The molecule has 10 nitrogen and oxygen atoms in total. The number of aromatic nitrogens is 2. The number of nitrogens with one attached hydrogen (secondary N) is 2. The molecule has 0 aliphatic carbocycles. The summed E-state index contributed by atoms with van der Waals surface area (Å²) in [4.78, 5) is 49.4. The van der Waals surface area contributed by atoms with Gasteiger partial charge >= 0.3 is 5.91 Å². The molecule has 1 aliphatic heterocycles. The summed E-state index contributed by atoms with van der Waals surface area (Å²) in [5.74, 6) is -0.177. The van der Waals surface area contributed by atoms with Crippen LogP contribution in [-0.4, -0.2) is 76.1 Å². The molecular formula is C31H34ClN6O4+. The molecule has 1 unspecified atom stereocenters. The average molecular weight is 590 g/mol. The molecule has 0 saturated heterocycles. The lowest BCUT2D eigenvalue weighted by Gasteiger charge is -2.29. The van der Waals surface area contributed by atoms with Gasteiger partial charge in [0.05, 0.1) is 29.4 Å². The lowest BCUT2D eigenvalue weighted by atomic mass is 10.0. The van der Waals surface area contributed by atoms with Gasteiger partial charge < -0.3 is 15.4 Å². The molecule has 42 heavy (non-hydrogen) atoms. The fraction of sp³-hybridized carbons (Fsp3) is 0.290. The lowest BCUT2D eigenvalue weighted by molar-refractivity contribution is -0.451. The number of hydrogen-bond donors (Lipinski definition) is 2. The Bertz CT molecular complexity index is 1550. The van der Waals surface area contributed by atoms with Gasteiger partial charge in [-0.05, 0) is 55.3 Å². The van der Waals surface area contributed by atoms with Crippen molar-refractivity contribution in [2.24, 2.45) is 0 Å². The number of aryl methyl sites for hydroxylation is 2. The number of rotatable bonds is 9. The molecular weight excluding hydrogens is 556 g/mol. The molecule has 11 heteroatoms. The first-order valence-electron chi connectivity index (χ1n) is 13.5. The van der Waals surface area contributed by atoms with E-state index in [9.17, 15) is 14.4 Å². The summed E-state index contributed by atoms with van der Waals surface area (Å²) in [7, 11) is 1.52. The van der Waals surface area contributed by atoms with Crippen molar-refractivity contribution in [2.45, 2.75) is 26.9 Å². The van der Waals surface area contributed by atoms with E-state index in [4.69, 9.17) is 16.3 Å². The summed E-state index contributed by atoms with van der Waals surface area (Å²) in [5, 5.41) is 5.95. The minimum atomic E-state index is -0.588. The zero-order valence-corrected chi connectivity index (χ0v) is 24.9. The van der Waals surface area contributed by atoms with Crippen molar-refractivity contribution in [3.05, 3.63) is 94.4 Å². The van der Waals surface area contributed by atoms with Crippen molar-refractivity contribution < 1.29 is 23.7 Å². The Morgan fingerprint density at radius 1 is 1.12 bits per heavy atom. The van der Waals surface area contributed by atoms with E-state index in [-0.39, 0.29) is 17.4 Å². The quantitative estimate of drug-likeness (QED) is 0.286. The van der Waals surface area contributed by atoms with E-state index in [2.05, 4.69) is 32.1 Å². The molecule has 3 heterocycles. The van der Waals surface area contributed by atoms with Crippen LogP contribution < -0.4 is 15.4 Å². The Balaban J connectivity index is 1.67. The summed E-state index contributed by atoms with van der Waals surface area (Å²) in [6, 6.07) is 10.4. The number of amides is 3. The highest BCUT2D eigenvalue weighted by Crippen LogP contribution is 2.30. The molecule has 1 atom stereocenters. The van der Waals surface area contributed by atoms with Gasteiger partial charge in [-0.3, -0.25) is 19.5 Å². The Kier molecular flexibility index (Phi) is 9.82. The van der Waals surface area contributed by atoms with E-state index in [1.807, 2.05) is 19.9 Å². The van der Waals surface area contributed by atoms with Gasteiger partial charge in [-0.1, -0.05) is 24.2 Å².